The minimum Gasteiger partial charge on any atom is -0.491 e. The molecule has 0 saturated carbocycles. The zero-order valence-electron chi connectivity index (χ0n) is 23.1. The summed E-state index contributed by atoms with van der Waals surface area (Å²) in [6, 6.07) is 25.8. The van der Waals surface area contributed by atoms with Gasteiger partial charge in [0.2, 0.25) is 0 Å². The number of para-hydroxylation sites is 1. The smallest absolute Gasteiger partial charge is 0.119 e. The normalized spacial score (nSPS) is 13.6. The van der Waals surface area contributed by atoms with Gasteiger partial charge in [0.15, 0.2) is 0 Å². The molecule has 2 N–H and O–H groups in total. The molecular weight excluding hydrogens is 462 g/mol. The Bertz CT molecular complexity index is 998. The van der Waals surface area contributed by atoms with Gasteiger partial charge < -0.3 is 24.6 Å². The van der Waals surface area contributed by atoms with Crippen molar-refractivity contribution in [1.82, 2.24) is 0 Å². The summed E-state index contributed by atoms with van der Waals surface area (Å²) in [4.78, 5) is 1.97. The summed E-state index contributed by atoms with van der Waals surface area (Å²) in [6.45, 7) is 14.0. The van der Waals surface area contributed by atoms with Gasteiger partial charge in [0, 0.05) is 18.8 Å². The van der Waals surface area contributed by atoms with E-state index in [0.717, 1.165) is 17.2 Å². The molecule has 37 heavy (non-hydrogen) atoms. The molecule has 0 aliphatic rings. The molecule has 5 heteroatoms. The van der Waals surface area contributed by atoms with Gasteiger partial charge in [0.05, 0.1) is 0 Å². The van der Waals surface area contributed by atoms with E-state index in [1.807, 2.05) is 59.5 Å². The van der Waals surface area contributed by atoms with Crippen molar-refractivity contribution in [2.75, 3.05) is 31.2 Å². The summed E-state index contributed by atoms with van der Waals surface area (Å²) in [6.07, 6.45) is -1.47. The first-order valence-corrected chi connectivity index (χ1v) is 13.0. The molecule has 0 aromatic heterocycles. The molecule has 0 radical (unpaired) electrons. The van der Waals surface area contributed by atoms with E-state index in [1.165, 1.54) is 11.1 Å². The second-order valence-corrected chi connectivity index (χ2v) is 11.7. The predicted molar refractivity (Wildman–Crippen MR) is 152 cm³/mol. The molecule has 2 atom stereocenters. The molecule has 0 heterocycles. The van der Waals surface area contributed by atoms with E-state index >= 15 is 0 Å². The molecule has 0 aliphatic heterocycles. The molecule has 200 valence electrons. The maximum absolute atomic E-state index is 10.8. The van der Waals surface area contributed by atoms with Crippen LogP contribution in [-0.4, -0.2) is 48.7 Å². The number of anilines is 1. The number of nitrogens with zero attached hydrogens (tertiary/aromatic N) is 1. The average Bonchev–Trinajstić information content (AvgIpc) is 2.86. The number of benzene rings is 3. The fourth-order valence-corrected chi connectivity index (χ4v) is 4.03. The summed E-state index contributed by atoms with van der Waals surface area (Å²) in [5.41, 5.74) is 3.54. The van der Waals surface area contributed by atoms with Crippen LogP contribution >= 0.6 is 0 Å². The van der Waals surface area contributed by atoms with Crippen LogP contribution in [0.1, 0.15) is 52.7 Å². The Morgan fingerprint density at radius 1 is 0.595 bits per heavy atom. The van der Waals surface area contributed by atoms with Gasteiger partial charge in [-0.25, -0.2) is 0 Å². The zero-order valence-corrected chi connectivity index (χ0v) is 23.1. The number of aliphatic hydroxyl groups excluding tert-OH is 2. The zero-order chi connectivity index (χ0) is 27.1. The van der Waals surface area contributed by atoms with Gasteiger partial charge in [0.25, 0.3) is 0 Å². The first-order chi connectivity index (χ1) is 17.4. The van der Waals surface area contributed by atoms with E-state index in [0.29, 0.717) is 13.1 Å². The van der Waals surface area contributed by atoms with E-state index in [2.05, 4.69) is 65.8 Å². The van der Waals surface area contributed by atoms with Crippen molar-refractivity contribution in [1.29, 1.82) is 0 Å². The Labute approximate surface area is 222 Å². The van der Waals surface area contributed by atoms with Crippen LogP contribution in [-0.2, 0) is 10.8 Å². The van der Waals surface area contributed by atoms with Gasteiger partial charge >= 0.3 is 0 Å². The highest BCUT2D eigenvalue weighted by Crippen LogP contribution is 2.25. The van der Waals surface area contributed by atoms with Crippen molar-refractivity contribution < 1.29 is 19.7 Å². The summed E-state index contributed by atoms with van der Waals surface area (Å²) >= 11 is 0. The summed E-state index contributed by atoms with van der Waals surface area (Å²) in [7, 11) is 0. The van der Waals surface area contributed by atoms with Gasteiger partial charge in [-0.15, -0.1) is 0 Å². The molecule has 3 rings (SSSR count). The Morgan fingerprint density at radius 2 is 0.973 bits per heavy atom. The molecule has 0 amide bonds. The lowest BCUT2D eigenvalue weighted by molar-refractivity contribution is 0.0954. The van der Waals surface area contributed by atoms with Crippen LogP contribution in [0.3, 0.4) is 0 Å². The average molecular weight is 506 g/mol. The maximum atomic E-state index is 10.8. The quantitative estimate of drug-likeness (QED) is 0.336. The van der Waals surface area contributed by atoms with Crippen LogP contribution in [0.4, 0.5) is 5.69 Å². The van der Waals surface area contributed by atoms with Gasteiger partial charge in [-0.05, 0) is 58.4 Å². The topological polar surface area (TPSA) is 62.2 Å². The number of aliphatic hydroxyl groups is 2. The molecule has 5 nitrogen and oxygen atoms in total. The second-order valence-electron chi connectivity index (χ2n) is 11.7. The number of rotatable bonds is 11. The third kappa shape index (κ3) is 9.10. The SMILES string of the molecule is CC(C)(C)c1ccc(OCC(O)CN(CC(O)COc2ccc(C(C)(C)C)cc2)c2ccccc2)cc1. The van der Waals surface area contributed by atoms with Crippen LogP contribution in [0, 0.1) is 0 Å². The maximum Gasteiger partial charge on any atom is 0.119 e. The molecule has 0 aliphatic carbocycles. The first kappa shape index (κ1) is 28.5. The van der Waals surface area contributed by atoms with Crippen molar-refractivity contribution in [2.24, 2.45) is 0 Å². The van der Waals surface area contributed by atoms with E-state index in [1.54, 1.807) is 0 Å². The molecule has 0 spiro atoms. The van der Waals surface area contributed by atoms with Crippen molar-refractivity contribution in [3.63, 3.8) is 0 Å². The summed E-state index contributed by atoms with van der Waals surface area (Å²) in [5.74, 6) is 1.45. The van der Waals surface area contributed by atoms with Crippen LogP contribution in [0.15, 0.2) is 78.9 Å². The monoisotopic (exact) mass is 505 g/mol. The molecule has 3 aromatic rings. The Kier molecular flexibility index (Phi) is 9.63. The van der Waals surface area contributed by atoms with Gasteiger partial charge in [-0.1, -0.05) is 84.0 Å². The molecule has 0 saturated heterocycles. The van der Waals surface area contributed by atoms with E-state index in [9.17, 15) is 10.2 Å². The summed E-state index contributed by atoms with van der Waals surface area (Å²) < 4.78 is 11.7. The fourth-order valence-electron chi connectivity index (χ4n) is 4.03. The lowest BCUT2D eigenvalue weighted by Crippen LogP contribution is -2.41. The third-order valence-corrected chi connectivity index (χ3v) is 6.31. The number of hydrogen-bond acceptors (Lipinski definition) is 5. The predicted octanol–water partition coefficient (Wildman–Crippen LogP) is 5.97. The van der Waals surface area contributed by atoms with Crippen molar-refractivity contribution in [3.8, 4) is 11.5 Å². The Morgan fingerprint density at radius 3 is 1.32 bits per heavy atom. The van der Waals surface area contributed by atoms with Crippen molar-refractivity contribution in [3.05, 3.63) is 90.0 Å². The molecule has 0 bridgehead atoms. The third-order valence-electron chi connectivity index (χ3n) is 6.31. The minimum absolute atomic E-state index is 0.0780. The Hall–Kier alpha value is -3.02. The van der Waals surface area contributed by atoms with Gasteiger partial charge in [-0.3, -0.25) is 0 Å². The summed E-state index contributed by atoms with van der Waals surface area (Å²) in [5, 5.41) is 21.5. The lowest BCUT2D eigenvalue weighted by atomic mass is 9.87. The molecular formula is C32H43NO4. The van der Waals surface area contributed by atoms with Crippen LogP contribution < -0.4 is 14.4 Å². The number of hydrogen-bond donors (Lipinski definition) is 2. The standard InChI is InChI=1S/C32H43NO4/c1-31(2,3)24-12-16-29(17-13-24)36-22-27(34)20-33(26-10-8-7-9-11-26)21-28(35)23-37-30-18-14-25(15-19-30)32(4,5)6/h7-19,27-28,34-35H,20-23H2,1-6H3. The van der Waals surface area contributed by atoms with E-state index in [-0.39, 0.29) is 24.0 Å². The van der Waals surface area contributed by atoms with Crippen molar-refractivity contribution in [2.45, 2.75) is 64.6 Å². The molecule has 2 unspecified atom stereocenters. The highest BCUT2D eigenvalue weighted by molar-refractivity contribution is 5.46. The number of ether oxygens (including phenoxy) is 2. The van der Waals surface area contributed by atoms with Crippen LogP contribution in [0.25, 0.3) is 0 Å². The largest absolute Gasteiger partial charge is 0.491 e. The molecule has 3 aromatic carbocycles. The van der Waals surface area contributed by atoms with Crippen LogP contribution in [0.5, 0.6) is 11.5 Å². The Balaban J connectivity index is 1.56. The highest BCUT2D eigenvalue weighted by Gasteiger charge is 2.19. The van der Waals surface area contributed by atoms with Gasteiger partial charge in [0.1, 0.15) is 36.9 Å². The fraction of sp³-hybridized carbons (Fsp3) is 0.438. The van der Waals surface area contributed by atoms with Crippen molar-refractivity contribution >= 4 is 5.69 Å². The van der Waals surface area contributed by atoms with Crippen LogP contribution in [0.2, 0.25) is 0 Å². The first-order valence-electron chi connectivity index (χ1n) is 13.0. The molecule has 0 fully saturated rings. The highest BCUT2D eigenvalue weighted by atomic mass is 16.5. The minimum atomic E-state index is -0.736. The van der Waals surface area contributed by atoms with E-state index < -0.39 is 12.2 Å². The van der Waals surface area contributed by atoms with Gasteiger partial charge in [-0.2, -0.15) is 0 Å². The second kappa shape index (κ2) is 12.5. The lowest BCUT2D eigenvalue weighted by Gasteiger charge is -2.29. The van der Waals surface area contributed by atoms with E-state index in [4.69, 9.17) is 9.47 Å².